The fourth-order valence-electron chi connectivity index (χ4n) is 4.56. The molecule has 2 aliphatic rings. The van der Waals surface area contributed by atoms with Crippen LogP contribution < -0.4 is 9.64 Å². The molecule has 2 aliphatic heterocycles. The van der Waals surface area contributed by atoms with Crippen molar-refractivity contribution in [3.63, 3.8) is 0 Å². The molecule has 6 nitrogen and oxygen atoms in total. The Bertz CT molecular complexity index is 1220. The first-order valence-electron chi connectivity index (χ1n) is 12.3. The normalized spacial score (nSPS) is 18.1. The van der Waals surface area contributed by atoms with E-state index in [9.17, 15) is 18.0 Å². The Labute approximate surface area is 230 Å². The zero-order valence-corrected chi connectivity index (χ0v) is 22.9. The van der Waals surface area contributed by atoms with Gasteiger partial charge in [-0.15, -0.1) is 0 Å². The molecular weight excluding hydrogens is 533 g/mol. The maximum Gasteiger partial charge on any atom is 0.417 e. The lowest BCUT2D eigenvalue weighted by Gasteiger charge is -2.29. The van der Waals surface area contributed by atoms with Gasteiger partial charge in [0.05, 0.1) is 29.5 Å². The molecule has 2 aromatic carbocycles. The number of carbonyl (C=O) groups is 1. The number of alkyl halides is 3. The van der Waals surface area contributed by atoms with Crippen molar-refractivity contribution in [2.24, 2.45) is 0 Å². The van der Waals surface area contributed by atoms with E-state index in [4.69, 9.17) is 22.2 Å². The first-order chi connectivity index (χ1) is 18.0. The highest BCUT2D eigenvalue weighted by Crippen LogP contribution is 2.37. The van der Waals surface area contributed by atoms with E-state index in [-0.39, 0.29) is 10.8 Å². The average molecular weight is 563 g/mol. The van der Waals surface area contributed by atoms with Gasteiger partial charge in [-0.05, 0) is 68.4 Å². The second kappa shape index (κ2) is 11.5. The monoisotopic (exact) mass is 562 g/mol. The Balaban J connectivity index is 1.36. The van der Waals surface area contributed by atoms with Crippen LogP contribution in [-0.2, 0) is 17.5 Å². The van der Waals surface area contributed by atoms with Crippen LogP contribution >= 0.6 is 24.0 Å². The molecule has 2 heterocycles. The van der Waals surface area contributed by atoms with E-state index in [2.05, 4.69) is 17.0 Å². The van der Waals surface area contributed by atoms with E-state index < -0.39 is 28.7 Å². The first-order valence-corrected chi connectivity index (χ1v) is 13.9. The number of thioether (sulfide) groups is 1. The lowest BCUT2D eigenvalue weighted by molar-refractivity contribution is -0.137. The van der Waals surface area contributed by atoms with Crippen molar-refractivity contribution in [2.45, 2.75) is 38.5 Å². The highest BCUT2D eigenvalue weighted by molar-refractivity contribution is 7.99. The standard InChI is InChI=1S/C27H29F3N4O2S2/c1-26(2)24(35)34(21-7-6-20(17-31)23(16-21)27(28,29)30)25(37)33(26)10-3-13-36-22-8-4-19(5-9-22)18-32-11-14-38-15-12-32/h4-9,16H,3,10-15,18H2,1-2H3. The van der Waals surface area contributed by atoms with Gasteiger partial charge in [-0.3, -0.25) is 14.6 Å². The predicted molar refractivity (Wildman–Crippen MR) is 146 cm³/mol. The lowest BCUT2D eigenvalue weighted by Crippen LogP contribution is -2.44. The number of nitriles is 1. The molecule has 11 heteroatoms. The molecule has 2 saturated heterocycles. The summed E-state index contributed by atoms with van der Waals surface area (Å²) in [5, 5.41) is 9.19. The van der Waals surface area contributed by atoms with Crippen LogP contribution in [0.15, 0.2) is 42.5 Å². The summed E-state index contributed by atoms with van der Waals surface area (Å²) in [5.74, 6) is 2.67. The number of ether oxygens (including phenoxy) is 1. The summed E-state index contributed by atoms with van der Waals surface area (Å²) in [6.45, 7) is 7.30. The van der Waals surface area contributed by atoms with Gasteiger partial charge in [-0.2, -0.15) is 30.2 Å². The summed E-state index contributed by atoms with van der Waals surface area (Å²) < 4.78 is 46.3. The Morgan fingerprint density at radius 1 is 1.13 bits per heavy atom. The molecule has 0 saturated carbocycles. The Kier molecular flexibility index (Phi) is 8.55. The fourth-order valence-corrected chi connectivity index (χ4v) is 6.05. The summed E-state index contributed by atoms with van der Waals surface area (Å²) in [6.07, 6.45) is -4.18. The molecule has 0 N–H and O–H groups in total. The number of thiocarbonyl (C=S) groups is 1. The third-order valence-corrected chi connectivity index (χ3v) is 8.08. The summed E-state index contributed by atoms with van der Waals surface area (Å²) in [7, 11) is 0. The molecule has 0 unspecified atom stereocenters. The Morgan fingerprint density at radius 3 is 2.45 bits per heavy atom. The van der Waals surface area contributed by atoms with Gasteiger partial charge >= 0.3 is 6.18 Å². The van der Waals surface area contributed by atoms with Crippen molar-refractivity contribution < 1.29 is 22.7 Å². The minimum absolute atomic E-state index is 0.0125. The van der Waals surface area contributed by atoms with Crippen molar-refractivity contribution in [2.75, 3.05) is 42.6 Å². The maximum absolute atomic E-state index is 13.5. The molecule has 4 rings (SSSR count). The van der Waals surface area contributed by atoms with Crippen LogP contribution in [0.25, 0.3) is 0 Å². The lowest BCUT2D eigenvalue weighted by atomic mass is 10.0. The highest BCUT2D eigenvalue weighted by atomic mass is 32.2. The predicted octanol–water partition coefficient (Wildman–Crippen LogP) is 5.31. The van der Waals surface area contributed by atoms with E-state index in [0.717, 1.165) is 42.4 Å². The van der Waals surface area contributed by atoms with Crippen LogP contribution in [0.1, 0.15) is 37.0 Å². The number of carbonyl (C=O) groups excluding carboxylic acids is 1. The second-order valence-electron chi connectivity index (χ2n) is 9.71. The molecule has 0 atom stereocenters. The van der Waals surface area contributed by atoms with Gasteiger partial charge in [0.15, 0.2) is 5.11 Å². The summed E-state index contributed by atoms with van der Waals surface area (Å²) >= 11 is 7.52. The number of nitrogens with zero attached hydrogens (tertiary/aromatic N) is 4. The molecule has 1 amide bonds. The highest BCUT2D eigenvalue weighted by Gasteiger charge is 2.49. The van der Waals surface area contributed by atoms with Crippen LogP contribution in [0.5, 0.6) is 5.75 Å². The molecule has 0 bridgehead atoms. The smallest absolute Gasteiger partial charge is 0.417 e. The Morgan fingerprint density at radius 2 is 1.82 bits per heavy atom. The number of hydrogen-bond donors (Lipinski definition) is 0. The van der Waals surface area contributed by atoms with Gasteiger partial charge in [-0.1, -0.05) is 12.1 Å². The molecule has 0 radical (unpaired) electrons. The maximum atomic E-state index is 13.5. The van der Waals surface area contributed by atoms with Gasteiger partial charge in [0, 0.05) is 37.7 Å². The van der Waals surface area contributed by atoms with Gasteiger partial charge in [0.1, 0.15) is 11.3 Å². The van der Waals surface area contributed by atoms with E-state index in [0.29, 0.717) is 19.6 Å². The van der Waals surface area contributed by atoms with E-state index >= 15 is 0 Å². The number of anilines is 1. The number of benzene rings is 2. The molecule has 2 fully saturated rings. The van der Waals surface area contributed by atoms with Gasteiger partial charge in [-0.25, -0.2) is 0 Å². The first kappa shape index (κ1) is 28.2. The number of amides is 1. The zero-order valence-electron chi connectivity index (χ0n) is 21.3. The minimum Gasteiger partial charge on any atom is -0.494 e. The quantitative estimate of drug-likeness (QED) is 0.319. The summed E-state index contributed by atoms with van der Waals surface area (Å²) in [5.41, 5.74) is -1.42. The van der Waals surface area contributed by atoms with Crippen molar-refractivity contribution >= 4 is 40.7 Å². The third kappa shape index (κ3) is 6.08. The van der Waals surface area contributed by atoms with Crippen molar-refractivity contribution in [3.8, 4) is 11.8 Å². The van der Waals surface area contributed by atoms with Crippen molar-refractivity contribution in [1.82, 2.24) is 9.80 Å². The second-order valence-corrected chi connectivity index (χ2v) is 11.3. The molecule has 38 heavy (non-hydrogen) atoms. The number of hydrogen-bond acceptors (Lipinski definition) is 6. The van der Waals surface area contributed by atoms with Crippen molar-refractivity contribution in [1.29, 1.82) is 5.26 Å². The molecule has 0 aromatic heterocycles. The third-order valence-electron chi connectivity index (χ3n) is 6.74. The summed E-state index contributed by atoms with van der Waals surface area (Å²) in [6, 6.07) is 12.8. The van der Waals surface area contributed by atoms with Crippen LogP contribution in [0.3, 0.4) is 0 Å². The molecule has 0 spiro atoms. The van der Waals surface area contributed by atoms with Crippen LogP contribution in [0.2, 0.25) is 0 Å². The zero-order chi connectivity index (χ0) is 27.5. The van der Waals surface area contributed by atoms with Crippen LogP contribution in [0.4, 0.5) is 18.9 Å². The SMILES string of the molecule is CC1(C)C(=O)N(c2ccc(C#N)c(C(F)(F)F)c2)C(=S)N1CCCOc1ccc(CN2CCSCC2)cc1. The molecule has 202 valence electrons. The van der Waals surface area contributed by atoms with E-state index in [1.807, 2.05) is 23.9 Å². The largest absolute Gasteiger partial charge is 0.494 e. The van der Waals surface area contributed by atoms with Gasteiger partial charge in [0.2, 0.25) is 0 Å². The fraction of sp³-hybridized carbons (Fsp3) is 0.444. The average Bonchev–Trinajstić information content (AvgIpc) is 3.06. The van der Waals surface area contributed by atoms with Crippen molar-refractivity contribution in [3.05, 3.63) is 59.2 Å². The van der Waals surface area contributed by atoms with Gasteiger partial charge < -0.3 is 9.64 Å². The molecule has 0 aliphatic carbocycles. The molecule has 2 aromatic rings. The Hall–Kier alpha value is -2.81. The summed E-state index contributed by atoms with van der Waals surface area (Å²) in [4.78, 5) is 18.5. The van der Waals surface area contributed by atoms with E-state index in [1.54, 1.807) is 24.8 Å². The minimum atomic E-state index is -4.73. The molecular formula is C27H29F3N4O2S2. The number of rotatable bonds is 8. The van der Waals surface area contributed by atoms with Crippen LogP contribution in [-0.4, -0.2) is 64.1 Å². The van der Waals surface area contributed by atoms with Crippen LogP contribution in [0, 0.1) is 11.3 Å². The topological polar surface area (TPSA) is 59.8 Å². The van der Waals surface area contributed by atoms with E-state index in [1.165, 1.54) is 23.1 Å². The number of halogens is 3. The van der Waals surface area contributed by atoms with Gasteiger partial charge in [0.25, 0.3) is 5.91 Å².